The van der Waals surface area contributed by atoms with Gasteiger partial charge in [-0.2, -0.15) is 0 Å². The molecule has 0 aliphatic heterocycles. The molecule has 0 aliphatic carbocycles. The Bertz CT molecular complexity index is 566. The summed E-state index contributed by atoms with van der Waals surface area (Å²) in [4.78, 5) is 0. The van der Waals surface area contributed by atoms with E-state index < -0.39 is 0 Å². The molecule has 0 aromatic heterocycles. The van der Waals surface area contributed by atoms with Crippen LogP contribution in [0.2, 0.25) is 0 Å². The Morgan fingerprint density at radius 3 is 2.47 bits per heavy atom. The second kappa shape index (κ2) is 5.76. The molecule has 0 aliphatic rings. The van der Waals surface area contributed by atoms with Gasteiger partial charge in [0.1, 0.15) is 5.75 Å². The van der Waals surface area contributed by atoms with Crippen molar-refractivity contribution in [2.75, 3.05) is 12.3 Å². The average molecular weight is 256 g/mol. The first-order valence-electron chi connectivity index (χ1n) is 6.46. The minimum atomic E-state index is -0.169. The van der Waals surface area contributed by atoms with E-state index in [1.54, 1.807) is 0 Å². The van der Waals surface area contributed by atoms with Crippen molar-refractivity contribution in [2.45, 2.75) is 19.9 Å². The maximum absolute atomic E-state index is 6.28. The second-order valence-corrected chi connectivity index (χ2v) is 4.61. The van der Waals surface area contributed by atoms with Gasteiger partial charge in [-0.05, 0) is 48.7 Å². The molecule has 1 atom stereocenters. The number of anilines is 1. The van der Waals surface area contributed by atoms with Crippen LogP contribution in [0.3, 0.4) is 0 Å². The zero-order valence-corrected chi connectivity index (χ0v) is 11.4. The maximum atomic E-state index is 6.28. The van der Waals surface area contributed by atoms with Gasteiger partial charge in [0.2, 0.25) is 0 Å². The highest BCUT2D eigenvalue weighted by molar-refractivity contribution is 5.46. The number of aryl methyl sites for hydroxylation is 1. The molecule has 0 spiro atoms. The van der Waals surface area contributed by atoms with Crippen LogP contribution in [0.25, 0.3) is 0 Å². The summed E-state index contributed by atoms with van der Waals surface area (Å²) < 4.78 is 5.54. The van der Waals surface area contributed by atoms with Crippen LogP contribution in [0.15, 0.2) is 42.5 Å². The van der Waals surface area contributed by atoms with Crippen molar-refractivity contribution in [3.63, 3.8) is 0 Å². The highest BCUT2D eigenvalue weighted by Gasteiger charge is 2.10. The number of hydrogen-bond donors (Lipinski definition) is 2. The lowest BCUT2D eigenvalue weighted by atomic mass is 9.97. The summed E-state index contributed by atoms with van der Waals surface area (Å²) in [6.45, 7) is 4.67. The second-order valence-electron chi connectivity index (χ2n) is 4.61. The molecule has 2 rings (SSSR count). The third-order valence-electron chi connectivity index (χ3n) is 3.13. The first-order chi connectivity index (χ1) is 9.11. The van der Waals surface area contributed by atoms with Gasteiger partial charge in [-0.25, -0.2) is 0 Å². The zero-order chi connectivity index (χ0) is 13.8. The minimum absolute atomic E-state index is 0.169. The summed E-state index contributed by atoms with van der Waals surface area (Å²) in [6.07, 6.45) is 0. The molecule has 2 aromatic rings. The van der Waals surface area contributed by atoms with Gasteiger partial charge in [0, 0.05) is 5.69 Å². The van der Waals surface area contributed by atoms with E-state index in [-0.39, 0.29) is 6.04 Å². The standard InChI is InChI=1S/C16H20N2O/c1-3-19-15-8-7-13(9-11(15)2)16(18)12-5-4-6-14(17)10-12/h4-10,16H,3,17-18H2,1-2H3. The molecule has 0 radical (unpaired) electrons. The fraction of sp³-hybridized carbons (Fsp3) is 0.250. The smallest absolute Gasteiger partial charge is 0.122 e. The summed E-state index contributed by atoms with van der Waals surface area (Å²) in [6, 6.07) is 13.6. The monoisotopic (exact) mass is 256 g/mol. The Morgan fingerprint density at radius 1 is 1.11 bits per heavy atom. The van der Waals surface area contributed by atoms with E-state index in [0.29, 0.717) is 6.61 Å². The molecular formula is C16H20N2O. The molecule has 0 fully saturated rings. The molecule has 2 aromatic carbocycles. The van der Waals surface area contributed by atoms with Gasteiger partial charge in [-0.1, -0.05) is 24.3 Å². The van der Waals surface area contributed by atoms with E-state index in [4.69, 9.17) is 16.2 Å². The minimum Gasteiger partial charge on any atom is -0.494 e. The number of ether oxygens (including phenoxy) is 1. The Kier molecular flexibility index (Phi) is 4.07. The Hall–Kier alpha value is -2.00. The molecular weight excluding hydrogens is 236 g/mol. The van der Waals surface area contributed by atoms with E-state index in [0.717, 1.165) is 28.1 Å². The number of nitrogens with two attached hydrogens (primary N) is 2. The van der Waals surface area contributed by atoms with Crippen molar-refractivity contribution in [3.8, 4) is 5.75 Å². The van der Waals surface area contributed by atoms with Crippen molar-refractivity contribution >= 4 is 5.69 Å². The summed E-state index contributed by atoms with van der Waals surface area (Å²) in [7, 11) is 0. The number of benzene rings is 2. The lowest BCUT2D eigenvalue weighted by Gasteiger charge is -2.15. The third kappa shape index (κ3) is 3.06. The van der Waals surface area contributed by atoms with Crippen LogP contribution < -0.4 is 16.2 Å². The van der Waals surface area contributed by atoms with E-state index in [9.17, 15) is 0 Å². The van der Waals surface area contributed by atoms with Crippen molar-refractivity contribution in [1.82, 2.24) is 0 Å². The molecule has 0 saturated heterocycles. The van der Waals surface area contributed by atoms with Crippen LogP contribution >= 0.6 is 0 Å². The summed E-state index contributed by atoms with van der Waals surface area (Å²) in [5, 5.41) is 0. The number of nitrogen functional groups attached to an aromatic ring is 1. The fourth-order valence-electron chi connectivity index (χ4n) is 2.13. The molecule has 100 valence electrons. The topological polar surface area (TPSA) is 61.3 Å². The summed E-state index contributed by atoms with van der Waals surface area (Å²) in [5.41, 5.74) is 16.0. The molecule has 3 heteroatoms. The summed E-state index contributed by atoms with van der Waals surface area (Å²) >= 11 is 0. The lowest BCUT2D eigenvalue weighted by Crippen LogP contribution is -2.12. The quantitative estimate of drug-likeness (QED) is 0.827. The van der Waals surface area contributed by atoms with E-state index in [2.05, 4.69) is 6.07 Å². The van der Waals surface area contributed by atoms with E-state index >= 15 is 0 Å². The highest BCUT2D eigenvalue weighted by Crippen LogP contribution is 2.26. The van der Waals surface area contributed by atoms with Crippen LogP contribution in [0.5, 0.6) is 5.75 Å². The Balaban J connectivity index is 2.29. The molecule has 0 bridgehead atoms. The summed E-state index contributed by atoms with van der Waals surface area (Å²) in [5.74, 6) is 0.908. The molecule has 19 heavy (non-hydrogen) atoms. The Morgan fingerprint density at radius 2 is 1.84 bits per heavy atom. The van der Waals surface area contributed by atoms with E-state index in [1.165, 1.54) is 0 Å². The van der Waals surface area contributed by atoms with Crippen molar-refractivity contribution in [1.29, 1.82) is 0 Å². The van der Waals surface area contributed by atoms with Gasteiger partial charge in [0.15, 0.2) is 0 Å². The van der Waals surface area contributed by atoms with Crippen molar-refractivity contribution in [3.05, 3.63) is 59.2 Å². The Labute approximate surface area is 114 Å². The number of rotatable bonds is 4. The predicted molar refractivity (Wildman–Crippen MR) is 79.2 cm³/mol. The SMILES string of the molecule is CCOc1ccc(C(N)c2cccc(N)c2)cc1C. The molecule has 1 unspecified atom stereocenters. The average Bonchev–Trinajstić information content (AvgIpc) is 2.40. The molecule has 4 N–H and O–H groups in total. The predicted octanol–water partition coefficient (Wildman–Crippen LogP) is 3.02. The van der Waals surface area contributed by atoms with Gasteiger partial charge >= 0.3 is 0 Å². The normalized spacial score (nSPS) is 12.2. The van der Waals surface area contributed by atoms with Crippen LogP contribution in [0, 0.1) is 6.92 Å². The zero-order valence-electron chi connectivity index (χ0n) is 11.4. The van der Waals surface area contributed by atoms with Gasteiger partial charge in [0.25, 0.3) is 0 Å². The van der Waals surface area contributed by atoms with Crippen molar-refractivity contribution in [2.24, 2.45) is 5.73 Å². The van der Waals surface area contributed by atoms with Gasteiger partial charge in [-0.3, -0.25) is 0 Å². The maximum Gasteiger partial charge on any atom is 0.122 e. The van der Waals surface area contributed by atoms with E-state index in [1.807, 2.05) is 50.2 Å². The van der Waals surface area contributed by atoms with Gasteiger partial charge in [0.05, 0.1) is 12.6 Å². The number of hydrogen-bond acceptors (Lipinski definition) is 3. The molecule has 0 saturated carbocycles. The van der Waals surface area contributed by atoms with Crippen LogP contribution in [-0.2, 0) is 0 Å². The fourth-order valence-corrected chi connectivity index (χ4v) is 2.13. The molecule has 0 heterocycles. The van der Waals surface area contributed by atoms with Crippen LogP contribution in [0.4, 0.5) is 5.69 Å². The molecule has 0 amide bonds. The van der Waals surface area contributed by atoms with Gasteiger partial charge < -0.3 is 16.2 Å². The largest absolute Gasteiger partial charge is 0.494 e. The van der Waals surface area contributed by atoms with Crippen molar-refractivity contribution < 1.29 is 4.74 Å². The van der Waals surface area contributed by atoms with Crippen LogP contribution in [0.1, 0.15) is 29.7 Å². The van der Waals surface area contributed by atoms with Gasteiger partial charge in [-0.15, -0.1) is 0 Å². The lowest BCUT2D eigenvalue weighted by molar-refractivity contribution is 0.338. The van der Waals surface area contributed by atoms with Crippen LogP contribution in [-0.4, -0.2) is 6.61 Å². The first-order valence-corrected chi connectivity index (χ1v) is 6.46. The first kappa shape index (κ1) is 13.4. The third-order valence-corrected chi connectivity index (χ3v) is 3.13. The highest BCUT2D eigenvalue weighted by atomic mass is 16.5. The molecule has 3 nitrogen and oxygen atoms in total.